The van der Waals surface area contributed by atoms with Crippen LogP contribution in [0.1, 0.15) is 12.5 Å². The molecule has 0 unspecified atom stereocenters. The topological polar surface area (TPSA) is 77.1 Å². The van der Waals surface area contributed by atoms with Crippen molar-refractivity contribution in [2.45, 2.75) is 13.5 Å². The average molecular weight is 372 g/mol. The van der Waals surface area contributed by atoms with Crippen LogP contribution < -0.4 is 19.5 Å². The third-order valence-electron chi connectivity index (χ3n) is 3.98. The third-order valence-corrected chi connectivity index (χ3v) is 3.98. The van der Waals surface area contributed by atoms with Crippen molar-refractivity contribution in [1.29, 1.82) is 0 Å². The first kappa shape index (κ1) is 20.1. The van der Waals surface area contributed by atoms with Gasteiger partial charge >= 0.3 is 0 Å². The Labute approximate surface area is 158 Å². The Morgan fingerprint density at radius 3 is 2.22 bits per heavy atom. The van der Waals surface area contributed by atoms with Gasteiger partial charge in [-0.25, -0.2) is 0 Å². The summed E-state index contributed by atoms with van der Waals surface area (Å²) in [6, 6.07) is 12.5. The van der Waals surface area contributed by atoms with E-state index in [-0.39, 0.29) is 24.9 Å². The van der Waals surface area contributed by atoms with E-state index in [0.29, 0.717) is 22.9 Å². The van der Waals surface area contributed by atoms with Crippen LogP contribution in [0.5, 0.6) is 17.2 Å². The maximum absolute atomic E-state index is 12.4. The quantitative estimate of drug-likeness (QED) is 0.771. The van der Waals surface area contributed by atoms with E-state index in [9.17, 15) is 9.59 Å². The van der Waals surface area contributed by atoms with Crippen LogP contribution in [0.3, 0.4) is 0 Å². The maximum Gasteiger partial charge on any atom is 0.244 e. The van der Waals surface area contributed by atoms with Crippen molar-refractivity contribution in [2.24, 2.45) is 0 Å². The molecule has 0 atom stereocenters. The Morgan fingerprint density at radius 1 is 0.926 bits per heavy atom. The lowest BCUT2D eigenvalue weighted by Gasteiger charge is -2.21. The fraction of sp³-hybridized carbons (Fsp3) is 0.300. The highest BCUT2D eigenvalue weighted by Gasteiger charge is 2.16. The molecule has 7 nitrogen and oxygen atoms in total. The predicted octanol–water partition coefficient (Wildman–Crippen LogP) is 2.70. The smallest absolute Gasteiger partial charge is 0.244 e. The van der Waals surface area contributed by atoms with Gasteiger partial charge in [-0.3, -0.25) is 9.59 Å². The SMILES string of the molecule is COc1ccccc1NC(=O)CN(Cc1ccc(OC)c(OC)c1)C(C)=O. The molecule has 0 heterocycles. The number of nitrogens with one attached hydrogen (secondary N) is 1. The van der Waals surface area contributed by atoms with Gasteiger partial charge in [-0.15, -0.1) is 0 Å². The third kappa shape index (κ3) is 5.37. The molecule has 0 saturated carbocycles. The first-order valence-electron chi connectivity index (χ1n) is 8.37. The molecule has 0 bridgehead atoms. The first-order chi connectivity index (χ1) is 13.0. The summed E-state index contributed by atoms with van der Waals surface area (Å²) in [5, 5.41) is 2.77. The first-order valence-corrected chi connectivity index (χ1v) is 8.37. The van der Waals surface area contributed by atoms with Gasteiger partial charge in [0.1, 0.15) is 12.3 Å². The number of benzene rings is 2. The number of methoxy groups -OCH3 is 3. The molecule has 2 rings (SSSR count). The van der Waals surface area contributed by atoms with E-state index >= 15 is 0 Å². The van der Waals surface area contributed by atoms with Gasteiger partial charge in [0, 0.05) is 13.5 Å². The molecule has 0 aliphatic rings. The van der Waals surface area contributed by atoms with Crippen LogP contribution in [0, 0.1) is 0 Å². The molecular weight excluding hydrogens is 348 g/mol. The molecule has 0 aliphatic carbocycles. The second-order valence-electron chi connectivity index (χ2n) is 5.81. The number of amides is 2. The monoisotopic (exact) mass is 372 g/mol. The number of anilines is 1. The number of carbonyl (C=O) groups is 2. The Morgan fingerprint density at radius 2 is 1.59 bits per heavy atom. The van der Waals surface area contributed by atoms with E-state index < -0.39 is 0 Å². The second-order valence-corrected chi connectivity index (χ2v) is 5.81. The van der Waals surface area contributed by atoms with Gasteiger partial charge < -0.3 is 24.4 Å². The maximum atomic E-state index is 12.4. The van der Waals surface area contributed by atoms with E-state index in [4.69, 9.17) is 14.2 Å². The largest absolute Gasteiger partial charge is 0.495 e. The number of hydrogen-bond acceptors (Lipinski definition) is 5. The van der Waals surface area contributed by atoms with Gasteiger partial charge in [-0.2, -0.15) is 0 Å². The highest BCUT2D eigenvalue weighted by molar-refractivity contribution is 5.95. The minimum atomic E-state index is -0.310. The van der Waals surface area contributed by atoms with Crippen molar-refractivity contribution in [3.05, 3.63) is 48.0 Å². The second kappa shape index (κ2) is 9.47. The molecule has 27 heavy (non-hydrogen) atoms. The van der Waals surface area contributed by atoms with E-state index in [1.54, 1.807) is 44.6 Å². The van der Waals surface area contributed by atoms with Gasteiger partial charge in [-0.05, 0) is 29.8 Å². The van der Waals surface area contributed by atoms with Crippen molar-refractivity contribution in [3.8, 4) is 17.2 Å². The fourth-order valence-corrected chi connectivity index (χ4v) is 2.59. The number of nitrogens with zero attached hydrogens (tertiary/aromatic N) is 1. The molecule has 0 radical (unpaired) electrons. The molecule has 144 valence electrons. The molecular formula is C20H24N2O5. The van der Waals surface area contributed by atoms with E-state index in [1.165, 1.54) is 18.9 Å². The molecule has 2 amide bonds. The standard InChI is InChI=1S/C20H24N2O5/c1-14(23)22(12-15-9-10-18(26-3)19(11-15)27-4)13-20(24)21-16-7-5-6-8-17(16)25-2/h5-11H,12-13H2,1-4H3,(H,21,24). The van der Waals surface area contributed by atoms with Crippen LogP contribution in [0.15, 0.2) is 42.5 Å². The number of para-hydroxylation sites is 2. The van der Waals surface area contributed by atoms with Gasteiger partial charge in [0.25, 0.3) is 0 Å². The van der Waals surface area contributed by atoms with Crippen molar-refractivity contribution in [1.82, 2.24) is 4.90 Å². The van der Waals surface area contributed by atoms with Gasteiger partial charge in [0.2, 0.25) is 11.8 Å². The molecule has 2 aromatic carbocycles. The highest BCUT2D eigenvalue weighted by atomic mass is 16.5. The number of ether oxygens (including phenoxy) is 3. The Kier molecular flexibility index (Phi) is 7.05. The lowest BCUT2D eigenvalue weighted by atomic mass is 10.2. The molecule has 0 saturated heterocycles. The summed E-state index contributed by atoms with van der Waals surface area (Å²) in [7, 11) is 4.64. The molecule has 2 aromatic rings. The molecule has 1 N–H and O–H groups in total. The van der Waals surface area contributed by atoms with Crippen LogP contribution in [-0.2, 0) is 16.1 Å². The summed E-state index contributed by atoms with van der Waals surface area (Å²) in [5.41, 5.74) is 1.38. The minimum Gasteiger partial charge on any atom is -0.495 e. The molecule has 0 fully saturated rings. The van der Waals surface area contributed by atoms with Crippen LogP contribution >= 0.6 is 0 Å². The molecule has 0 aromatic heterocycles. The number of hydrogen-bond donors (Lipinski definition) is 1. The van der Waals surface area contributed by atoms with Crippen LogP contribution in [-0.4, -0.2) is 44.6 Å². The zero-order valence-electron chi connectivity index (χ0n) is 15.9. The van der Waals surface area contributed by atoms with E-state index in [1.807, 2.05) is 12.1 Å². The van der Waals surface area contributed by atoms with Crippen molar-refractivity contribution in [2.75, 3.05) is 33.2 Å². The van der Waals surface area contributed by atoms with Gasteiger partial charge in [-0.1, -0.05) is 18.2 Å². The predicted molar refractivity (Wildman–Crippen MR) is 102 cm³/mol. The summed E-state index contributed by atoms with van der Waals surface area (Å²) in [5.74, 6) is 1.21. The summed E-state index contributed by atoms with van der Waals surface area (Å²) < 4.78 is 15.7. The number of carbonyl (C=O) groups excluding carboxylic acids is 2. The van der Waals surface area contributed by atoms with E-state index in [0.717, 1.165) is 5.56 Å². The fourth-order valence-electron chi connectivity index (χ4n) is 2.59. The van der Waals surface area contributed by atoms with Crippen molar-refractivity contribution in [3.63, 3.8) is 0 Å². The lowest BCUT2D eigenvalue weighted by Crippen LogP contribution is -2.36. The highest BCUT2D eigenvalue weighted by Crippen LogP contribution is 2.28. The average Bonchev–Trinajstić information content (AvgIpc) is 2.67. The van der Waals surface area contributed by atoms with Gasteiger partial charge in [0.05, 0.1) is 27.0 Å². The number of rotatable bonds is 8. The Bertz CT molecular complexity index is 807. The normalized spacial score (nSPS) is 10.1. The van der Waals surface area contributed by atoms with E-state index in [2.05, 4.69) is 5.32 Å². The van der Waals surface area contributed by atoms with Crippen molar-refractivity contribution >= 4 is 17.5 Å². The van der Waals surface area contributed by atoms with Crippen LogP contribution in [0.4, 0.5) is 5.69 Å². The van der Waals surface area contributed by atoms with Gasteiger partial charge in [0.15, 0.2) is 11.5 Å². The molecule has 7 heteroatoms. The summed E-state index contributed by atoms with van der Waals surface area (Å²) in [6.07, 6.45) is 0. The molecule has 0 spiro atoms. The summed E-state index contributed by atoms with van der Waals surface area (Å²) >= 11 is 0. The molecule has 0 aliphatic heterocycles. The summed E-state index contributed by atoms with van der Waals surface area (Å²) in [6.45, 7) is 1.62. The zero-order chi connectivity index (χ0) is 19.8. The van der Waals surface area contributed by atoms with Crippen molar-refractivity contribution < 1.29 is 23.8 Å². The Balaban J connectivity index is 2.09. The van der Waals surface area contributed by atoms with Crippen LogP contribution in [0.25, 0.3) is 0 Å². The summed E-state index contributed by atoms with van der Waals surface area (Å²) in [4.78, 5) is 25.9. The van der Waals surface area contributed by atoms with Crippen LogP contribution in [0.2, 0.25) is 0 Å². The lowest BCUT2D eigenvalue weighted by molar-refractivity contribution is -0.133. The zero-order valence-corrected chi connectivity index (χ0v) is 15.9. The minimum absolute atomic E-state index is 0.0816. The Hall–Kier alpha value is -3.22.